The van der Waals surface area contributed by atoms with Gasteiger partial charge in [0, 0.05) is 50.3 Å². The number of ether oxygens (including phenoxy) is 3. The Bertz CT molecular complexity index is 1160. The molecule has 1 saturated heterocycles. The molecule has 194 valence electrons. The molecule has 3 aromatic rings. The summed E-state index contributed by atoms with van der Waals surface area (Å²) in [5.41, 5.74) is 1.29. The zero-order valence-corrected chi connectivity index (χ0v) is 21.7. The van der Waals surface area contributed by atoms with Crippen LogP contribution >= 0.6 is 11.6 Å². The Hall–Kier alpha value is -2.72. The minimum atomic E-state index is -0.479. The number of nitrogens with one attached hydrogen (secondary N) is 1. The van der Waals surface area contributed by atoms with E-state index in [0.29, 0.717) is 48.3 Å². The molecule has 0 unspecified atom stereocenters. The fourth-order valence-corrected chi connectivity index (χ4v) is 4.07. The van der Waals surface area contributed by atoms with E-state index in [1.807, 2.05) is 12.1 Å². The number of rotatable bonds is 11. The van der Waals surface area contributed by atoms with Crippen molar-refractivity contribution >= 4 is 34.0 Å². The number of nitrogens with zero attached hydrogens (tertiary/aromatic N) is 4. The number of aromatic nitrogens is 2. The van der Waals surface area contributed by atoms with Crippen molar-refractivity contribution in [2.45, 2.75) is 18.9 Å². The number of hydrogen-bond acceptors (Lipinski definition) is 8. The average Bonchev–Trinajstić information content (AvgIpc) is 2.85. The van der Waals surface area contributed by atoms with Crippen LogP contribution in [0.4, 0.5) is 15.9 Å². The van der Waals surface area contributed by atoms with E-state index in [1.165, 1.54) is 18.5 Å². The van der Waals surface area contributed by atoms with Gasteiger partial charge in [-0.1, -0.05) is 11.6 Å². The molecule has 0 aliphatic carbocycles. The monoisotopic (exact) mass is 517 g/mol. The molecule has 0 amide bonds. The second kappa shape index (κ2) is 12.5. The molecule has 0 bridgehead atoms. The lowest BCUT2D eigenvalue weighted by molar-refractivity contribution is 0.0261. The molecular weight excluding hydrogens is 485 g/mol. The fraction of sp³-hybridized carbons (Fsp3) is 0.462. The Labute approximate surface area is 216 Å². The van der Waals surface area contributed by atoms with Crippen LogP contribution in [0.1, 0.15) is 12.8 Å². The minimum Gasteiger partial charge on any atom is -0.492 e. The maximum atomic E-state index is 13.7. The molecule has 1 fully saturated rings. The summed E-state index contributed by atoms with van der Waals surface area (Å²) in [5.74, 6) is 1.37. The van der Waals surface area contributed by atoms with E-state index < -0.39 is 5.82 Å². The topological polar surface area (TPSA) is 72.0 Å². The highest BCUT2D eigenvalue weighted by Gasteiger charge is 2.20. The van der Waals surface area contributed by atoms with Gasteiger partial charge in [0.25, 0.3) is 0 Å². The molecule has 0 atom stereocenters. The summed E-state index contributed by atoms with van der Waals surface area (Å²) in [6, 6.07) is 8.22. The number of fused-ring (bicyclic) bond motifs is 1. The van der Waals surface area contributed by atoms with E-state index >= 15 is 0 Å². The SMILES string of the molecule is CN(C)CCN(C)CCOc1cc(OC2CCOCC2)c2c(Nc3ccc(F)c(Cl)c3)ncnc2c1. The first-order valence-corrected chi connectivity index (χ1v) is 12.5. The molecule has 10 heteroatoms. The molecular formula is C26H33ClFN5O3. The van der Waals surface area contributed by atoms with E-state index in [4.69, 9.17) is 25.8 Å². The summed E-state index contributed by atoms with van der Waals surface area (Å²) in [7, 11) is 6.21. The van der Waals surface area contributed by atoms with Crippen LogP contribution in [0.25, 0.3) is 10.9 Å². The third kappa shape index (κ3) is 7.16. The van der Waals surface area contributed by atoms with Gasteiger partial charge < -0.3 is 29.3 Å². The summed E-state index contributed by atoms with van der Waals surface area (Å²) < 4.78 is 31.7. The zero-order chi connectivity index (χ0) is 25.5. The van der Waals surface area contributed by atoms with Gasteiger partial charge in [-0.2, -0.15) is 0 Å². The molecule has 1 aliphatic rings. The van der Waals surface area contributed by atoms with Crippen molar-refractivity contribution < 1.29 is 18.6 Å². The predicted octanol–water partition coefficient (Wildman–Crippen LogP) is 4.60. The van der Waals surface area contributed by atoms with Crippen molar-refractivity contribution in [3.05, 3.63) is 47.5 Å². The maximum absolute atomic E-state index is 13.7. The zero-order valence-electron chi connectivity index (χ0n) is 21.0. The Morgan fingerprint density at radius 1 is 1.08 bits per heavy atom. The van der Waals surface area contributed by atoms with E-state index in [0.717, 1.165) is 37.9 Å². The van der Waals surface area contributed by atoms with Crippen LogP contribution in [0.3, 0.4) is 0 Å². The van der Waals surface area contributed by atoms with Crippen molar-refractivity contribution in [1.82, 2.24) is 19.8 Å². The Morgan fingerprint density at radius 2 is 1.89 bits per heavy atom. The number of anilines is 2. The summed E-state index contributed by atoms with van der Waals surface area (Å²) in [4.78, 5) is 13.3. The predicted molar refractivity (Wildman–Crippen MR) is 140 cm³/mol. The second-order valence-electron chi connectivity index (χ2n) is 9.18. The fourth-order valence-electron chi connectivity index (χ4n) is 3.89. The van der Waals surface area contributed by atoms with Gasteiger partial charge in [-0.25, -0.2) is 14.4 Å². The smallest absolute Gasteiger partial charge is 0.145 e. The van der Waals surface area contributed by atoms with E-state index in [-0.39, 0.29) is 11.1 Å². The highest BCUT2D eigenvalue weighted by Crippen LogP contribution is 2.37. The van der Waals surface area contributed by atoms with Crippen LogP contribution in [0, 0.1) is 5.82 Å². The number of hydrogen-bond donors (Lipinski definition) is 1. The van der Waals surface area contributed by atoms with Crippen LogP contribution < -0.4 is 14.8 Å². The highest BCUT2D eigenvalue weighted by molar-refractivity contribution is 6.31. The number of likely N-dealkylation sites (N-methyl/N-ethyl adjacent to an activating group) is 2. The van der Waals surface area contributed by atoms with Gasteiger partial charge >= 0.3 is 0 Å². The first-order valence-electron chi connectivity index (χ1n) is 12.1. The standard InChI is InChI=1S/C26H33ClFN5O3/c1-32(2)8-9-33(3)10-13-35-20-15-23-25(24(16-20)36-19-6-11-34-12-7-19)26(30-17-29-23)31-18-4-5-22(28)21(27)14-18/h4-5,14-17,19H,6-13H2,1-3H3,(H,29,30,31). The normalized spacial score (nSPS) is 14.5. The highest BCUT2D eigenvalue weighted by atomic mass is 35.5. The number of benzene rings is 2. The lowest BCUT2D eigenvalue weighted by atomic mass is 10.1. The molecule has 0 saturated carbocycles. The molecule has 0 radical (unpaired) electrons. The van der Waals surface area contributed by atoms with E-state index in [9.17, 15) is 4.39 Å². The third-order valence-corrected chi connectivity index (χ3v) is 6.28. The van der Waals surface area contributed by atoms with E-state index in [2.05, 4.69) is 46.2 Å². The van der Waals surface area contributed by atoms with Crippen LogP contribution in [0.15, 0.2) is 36.7 Å². The molecule has 36 heavy (non-hydrogen) atoms. The van der Waals surface area contributed by atoms with Crippen LogP contribution in [0.2, 0.25) is 5.02 Å². The molecule has 2 heterocycles. The van der Waals surface area contributed by atoms with Gasteiger partial charge in [0.15, 0.2) is 0 Å². The van der Waals surface area contributed by atoms with Crippen LogP contribution in [-0.2, 0) is 4.74 Å². The van der Waals surface area contributed by atoms with Crippen molar-refractivity contribution in [1.29, 1.82) is 0 Å². The lowest BCUT2D eigenvalue weighted by Gasteiger charge is -2.25. The molecule has 1 N–H and O–H groups in total. The van der Waals surface area contributed by atoms with E-state index in [1.54, 1.807) is 6.07 Å². The minimum absolute atomic E-state index is 0.0164. The van der Waals surface area contributed by atoms with Crippen molar-refractivity contribution in [3.8, 4) is 11.5 Å². The van der Waals surface area contributed by atoms with Gasteiger partial charge in [-0.05, 0) is 39.3 Å². The molecule has 0 spiro atoms. The van der Waals surface area contributed by atoms with Crippen molar-refractivity contribution in [2.24, 2.45) is 0 Å². The van der Waals surface area contributed by atoms with Crippen LogP contribution in [-0.4, -0.2) is 86.5 Å². The van der Waals surface area contributed by atoms with Gasteiger partial charge in [0.2, 0.25) is 0 Å². The average molecular weight is 518 g/mol. The summed E-state index contributed by atoms with van der Waals surface area (Å²) in [6.45, 7) is 4.60. The Balaban J connectivity index is 1.59. The molecule has 4 rings (SSSR count). The van der Waals surface area contributed by atoms with Crippen molar-refractivity contribution in [2.75, 3.05) is 65.9 Å². The summed E-state index contributed by atoms with van der Waals surface area (Å²) in [5, 5.41) is 3.99. The maximum Gasteiger partial charge on any atom is 0.145 e. The van der Waals surface area contributed by atoms with Gasteiger partial charge in [-0.3, -0.25) is 0 Å². The summed E-state index contributed by atoms with van der Waals surface area (Å²) in [6.07, 6.45) is 3.09. The second-order valence-corrected chi connectivity index (χ2v) is 9.58. The van der Waals surface area contributed by atoms with Crippen molar-refractivity contribution in [3.63, 3.8) is 0 Å². The first-order chi connectivity index (χ1) is 17.4. The molecule has 1 aliphatic heterocycles. The van der Waals surface area contributed by atoms with Crippen LogP contribution in [0.5, 0.6) is 11.5 Å². The largest absolute Gasteiger partial charge is 0.492 e. The lowest BCUT2D eigenvalue weighted by Crippen LogP contribution is -2.31. The molecule has 2 aromatic carbocycles. The third-order valence-electron chi connectivity index (χ3n) is 5.99. The van der Waals surface area contributed by atoms with Gasteiger partial charge in [0.1, 0.15) is 42.2 Å². The van der Waals surface area contributed by atoms with Gasteiger partial charge in [-0.15, -0.1) is 0 Å². The molecule has 8 nitrogen and oxygen atoms in total. The van der Waals surface area contributed by atoms with Gasteiger partial charge in [0.05, 0.1) is 29.1 Å². The Morgan fingerprint density at radius 3 is 2.64 bits per heavy atom. The quantitative estimate of drug-likeness (QED) is 0.396. The molecule has 1 aromatic heterocycles. The summed E-state index contributed by atoms with van der Waals surface area (Å²) >= 11 is 5.98. The first kappa shape index (κ1) is 26.3. The Kier molecular flexibility index (Phi) is 9.14. The number of halogens is 2.